The molecular weight excluding hydrogens is 270 g/mol. The van der Waals surface area contributed by atoms with Crippen LogP contribution in [0.15, 0.2) is 0 Å². The molecule has 2 aliphatic rings. The number of nitrogens with zero attached hydrogens (tertiary/aromatic N) is 2. The highest BCUT2D eigenvalue weighted by molar-refractivity contribution is 7.18. The van der Waals surface area contributed by atoms with Crippen molar-refractivity contribution in [1.82, 2.24) is 4.90 Å². The fourth-order valence-electron chi connectivity index (χ4n) is 2.96. The zero-order valence-corrected chi connectivity index (χ0v) is 13.1. The standard InChI is InChI=1S/C15H23N3OS/c1-10(19)14-13(16)12(11-4-5-11)15(20-14)18-7-3-6-17(2)8-9-18/h11H,3-9,16H2,1-2H3. The van der Waals surface area contributed by atoms with Crippen LogP contribution in [0.25, 0.3) is 0 Å². The Morgan fingerprint density at radius 1 is 1.25 bits per heavy atom. The van der Waals surface area contributed by atoms with Gasteiger partial charge in [0.15, 0.2) is 5.78 Å². The summed E-state index contributed by atoms with van der Waals surface area (Å²) in [6.45, 7) is 5.96. The third kappa shape index (κ3) is 2.56. The summed E-state index contributed by atoms with van der Waals surface area (Å²) in [6.07, 6.45) is 3.62. The molecule has 4 nitrogen and oxygen atoms in total. The van der Waals surface area contributed by atoms with Gasteiger partial charge < -0.3 is 15.5 Å². The van der Waals surface area contributed by atoms with Crippen LogP contribution < -0.4 is 10.6 Å². The summed E-state index contributed by atoms with van der Waals surface area (Å²) >= 11 is 1.61. The molecule has 1 saturated heterocycles. The molecule has 0 bridgehead atoms. The van der Waals surface area contributed by atoms with E-state index in [4.69, 9.17) is 5.73 Å². The fraction of sp³-hybridized carbons (Fsp3) is 0.667. The van der Waals surface area contributed by atoms with E-state index < -0.39 is 0 Å². The minimum Gasteiger partial charge on any atom is -0.397 e. The van der Waals surface area contributed by atoms with Crippen molar-refractivity contribution in [3.8, 4) is 0 Å². The van der Waals surface area contributed by atoms with Crippen molar-refractivity contribution < 1.29 is 4.79 Å². The van der Waals surface area contributed by atoms with E-state index in [0.29, 0.717) is 5.92 Å². The number of hydrogen-bond acceptors (Lipinski definition) is 5. The highest BCUT2D eigenvalue weighted by Crippen LogP contribution is 2.52. The van der Waals surface area contributed by atoms with Crippen LogP contribution in [0.4, 0.5) is 10.7 Å². The minimum absolute atomic E-state index is 0.104. The predicted octanol–water partition coefficient (Wildman–Crippen LogP) is 2.55. The monoisotopic (exact) mass is 293 g/mol. The number of carbonyl (C=O) groups is 1. The summed E-state index contributed by atoms with van der Waals surface area (Å²) in [5.74, 6) is 0.697. The second-order valence-corrected chi connectivity index (χ2v) is 7.04. The number of thiophene rings is 1. The van der Waals surface area contributed by atoms with Gasteiger partial charge in [0.05, 0.1) is 15.6 Å². The van der Waals surface area contributed by atoms with Crippen molar-refractivity contribution in [2.75, 3.05) is 43.9 Å². The van der Waals surface area contributed by atoms with Gasteiger partial charge in [0.25, 0.3) is 0 Å². The smallest absolute Gasteiger partial charge is 0.171 e. The topological polar surface area (TPSA) is 49.6 Å². The highest BCUT2D eigenvalue weighted by Gasteiger charge is 2.34. The zero-order valence-electron chi connectivity index (χ0n) is 12.3. The molecule has 1 aromatic heterocycles. The van der Waals surface area contributed by atoms with Crippen LogP contribution in [-0.4, -0.2) is 43.9 Å². The van der Waals surface area contributed by atoms with Crippen molar-refractivity contribution in [3.63, 3.8) is 0 Å². The van der Waals surface area contributed by atoms with Crippen LogP contribution in [0.1, 0.15) is 47.3 Å². The highest BCUT2D eigenvalue weighted by atomic mass is 32.1. The molecule has 2 fully saturated rings. The van der Waals surface area contributed by atoms with Gasteiger partial charge in [0.1, 0.15) is 0 Å². The maximum atomic E-state index is 11.8. The molecule has 0 amide bonds. The first-order chi connectivity index (χ1) is 9.58. The van der Waals surface area contributed by atoms with Crippen molar-refractivity contribution >= 4 is 27.8 Å². The van der Waals surface area contributed by atoms with E-state index >= 15 is 0 Å². The number of nitrogen functional groups attached to an aromatic ring is 1. The number of ketones is 1. The average molecular weight is 293 g/mol. The molecule has 110 valence electrons. The Morgan fingerprint density at radius 2 is 2.00 bits per heavy atom. The number of carbonyl (C=O) groups excluding carboxylic acids is 1. The van der Waals surface area contributed by atoms with E-state index in [9.17, 15) is 4.79 Å². The Balaban J connectivity index is 1.95. The molecule has 2 N–H and O–H groups in total. The summed E-state index contributed by atoms with van der Waals surface area (Å²) in [4.78, 5) is 17.4. The molecule has 20 heavy (non-hydrogen) atoms. The van der Waals surface area contributed by atoms with Gasteiger partial charge in [0.2, 0.25) is 0 Å². The van der Waals surface area contributed by atoms with Crippen LogP contribution in [-0.2, 0) is 0 Å². The third-order valence-corrected chi connectivity index (χ3v) is 5.66. The second-order valence-electron chi connectivity index (χ2n) is 6.04. The van der Waals surface area contributed by atoms with Gasteiger partial charge in [-0.3, -0.25) is 4.79 Å². The lowest BCUT2D eigenvalue weighted by molar-refractivity contribution is 0.102. The van der Waals surface area contributed by atoms with E-state index in [1.54, 1.807) is 18.3 Å². The van der Waals surface area contributed by atoms with Crippen LogP contribution in [0, 0.1) is 0 Å². The number of anilines is 2. The largest absolute Gasteiger partial charge is 0.397 e. The van der Waals surface area contributed by atoms with Crippen LogP contribution in [0.3, 0.4) is 0 Å². The van der Waals surface area contributed by atoms with Crippen molar-refractivity contribution in [2.45, 2.75) is 32.1 Å². The Morgan fingerprint density at radius 3 is 2.65 bits per heavy atom. The van der Waals surface area contributed by atoms with Crippen LogP contribution in [0.2, 0.25) is 0 Å². The molecule has 1 saturated carbocycles. The van der Waals surface area contributed by atoms with E-state index in [2.05, 4.69) is 16.8 Å². The van der Waals surface area contributed by atoms with Crippen molar-refractivity contribution in [1.29, 1.82) is 0 Å². The van der Waals surface area contributed by atoms with Gasteiger partial charge in [-0.2, -0.15) is 0 Å². The van der Waals surface area contributed by atoms with Crippen molar-refractivity contribution in [2.24, 2.45) is 0 Å². The quantitative estimate of drug-likeness (QED) is 0.870. The average Bonchev–Trinajstić information content (AvgIpc) is 3.18. The van der Waals surface area contributed by atoms with Gasteiger partial charge in [-0.05, 0) is 38.8 Å². The van der Waals surface area contributed by atoms with Crippen molar-refractivity contribution in [3.05, 3.63) is 10.4 Å². The summed E-state index contributed by atoms with van der Waals surface area (Å²) < 4.78 is 0. The van der Waals surface area contributed by atoms with Crippen LogP contribution in [0.5, 0.6) is 0 Å². The number of nitrogens with two attached hydrogens (primary N) is 1. The maximum absolute atomic E-state index is 11.8. The first kappa shape index (κ1) is 13.9. The SMILES string of the molecule is CC(=O)c1sc(N2CCCN(C)CC2)c(C2CC2)c1N. The number of rotatable bonds is 3. The summed E-state index contributed by atoms with van der Waals surface area (Å²) in [6, 6.07) is 0. The zero-order chi connectivity index (χ0) is 14.3. The predicted molar refractivity (Wildman–Crippen MR) is 85.0 cm³/mol. The molecule has 0 radical (unpaired) electrons. The molecular formula is C15H23N3OS. The number of Topliss-reactive ketones (excluding diaryl/α,β-unsaturated/α-hetero) is 1. The van der Waals surface area contributed by atoms with E-state index in [0.717, 1.165) is 36.7 Å². The van der Waals surface area contributed by atoms with E-state index in [-0.39, 0.29) is 5.78 Å². The molecule has 0 atom stereocenters. The molecule has 2 heterocycles. The summed E-state index contributed by atoms with van der Waals surface area (Å²) in [5, 5.41) is 1.27. The Kier molecular flexibility index (Phi) is 3.73. The number of hydrogen-bond donors (Lipinski definition) is 1. The van der Waals surface area contributed by atoms with E-state index in [1.165, 1.54) is 29.8 Å². The van der Waals surface area contributed by atoms with Gasteiger partial charge in [0, 0.05) is 32.1 Å². The first-order valence-electron chi connectivity index (χ1n) is 7.44. The molecule has 1 aliphatic carbocycles. The Hall–Kier alpha value is -1.07. The summed E-state index contributed by atoms with van der Waals surface area (Å²) in [5.41, 5.74) is 8.30. The molecule has 5 heteroatoms. The second kappa shape index (κ2) is 5.37. The number of likely N-dealkylation sites (N-methyl/N-ethyl adjacent to an activating group) is 1. The molecule has 3 rings (SSSR count). The lowest BCUT2D eigenvalue weighted by Gasteiger charge is -2.22. The van der Waals surface area contributed by atoms with Gasteiger partial charge in [-0.25, -0.2) is 0 Å². The molecule has 0 spiro atoms. The molecule has 1 aromatic rings. The molecule has 1 aliphatic heterocycles. The minimum atomic E-state index is 0.104. The summed E-state index contributed by atoms with van der Waals surface area (Å²) in [7, 11) is 2.18. The first-order valence-corrected chi connectivity index (χ1v) is 8.26. The molecule has 0 aromatic carbocycles. The maximum Gasteiger partial charge on any atom is 0.171 e. The third-order valence-electron chi connectivity index (χ3n) is 4.28. The van der Waals surface area contributed by atoms with Gasteiger partial charge >= 0.3 is 0 Å². The lowest BCUT2D eigenvalue weighted by Crippen LogP contribution is -2.28. The van der Waals surface area contributed by atoms with Gasteiger partial charge in [-0.1, -0.05) is 0 Å². The fourth-order valence-corrected chi connectivity index (χ4v) is 4.21. The normalized spacial score (nSPS) is 21.0. The molecule has 0 unspecified atom stereocenters. The van der Waals surface area contributed by atoms with E-state index in [1.807, 2.05) is 0 Å². The Bertz CT molecular complexity index is 521. The Labute approximate surface area is 124 Å². The van der Waals surface area contributed by atoms with Gasteiger partial charge in [-0.15, -0.1) is 11.3 Å². The van der Waals surface area contributed by atoms with Crippen LogP contribution >= 0.6 is 11.3 Å². The lowest BCUT2D eigenvalue weighted by atomic mass is 10.1.